The number of ether oxygens (including phenoxy) is 2. The van der Waals surface area contributed by atoms with E-state index in [1.165, 1.54) is 0 Å². The molecule has 0 fully saturated rings. The van der Waals surface area contributed by atoms with Gasteiger partial charge in [0.2, 0.25) is 0 Å². The molecular weight excluding hydrogens is 242 g/mol. The molecule has 1 amide bonds. The molecule has 0 aliphatic carbocycles. The Labute approximate surface area is 106 Å². The van der Waals surface area contributed by atoms with E-state index >= 15 is 0 Å². The first kappa shape index (κ1) is 13.8. The molecule has 0 aliphatic rings. The molecule has 0 unspecified atom stereocenters. The zero-order valence-electron chi connectivity index (χ0n) is 9.90. The molecule has 0 saturated heterocycles. The Kier molecular flexibility index (Phi) is 5.80. The lowest BCUT2D eigenvalue weighted by atomic mass is 10.3. The first-order chi connectivity index (χ1) is 8.13. The summed E-state index contributed by atoms with van der Waals surface area (Å²) in [5.74, 6) is 0.397. The van der Waals surface area contributed by atoms with Crippen molar-refractivity contribution in [2.75, 3.05) is 20.3 Å². The lowest BCUT2D eigenvalue weighted by molar-refractivity contribution is -0.127. The molecule has 5 heteroatoms. The fourth-order valence-electron chi connectivity index (χ4n) is 1.22. The molecule has 0 radical (unpaired) electrons. The van der Waals surface area contributed by atoms with E-state index < -0.39 is 6.10 Å². The third kappa shape index (κ3) is 5.06. The topological polar surface area (TPSA) is 47.6 Å². The van der Waals surface area contributed by atoms with E-state index in [9.17, 15) is 4.79 Å². The van der Waals surface area contributed by atoms with Gasteiger partial charge in [0.1, 0.15) is 5.75 Å². The van der Waals surface area contributed by atoms with Crippen molar-refractivity contribution in [2.45, 2.75) is 13.0 Å². The monoisotopic (exact) mass is 257 g/mol. The van der Waals surface area contributed by atoms with Gasteiger partial charge in [0.15, 0.2) is 6.10 Å². The van der Waals surface area contributed by atoms with Crippen LogP contribution in [0.25, 0.3) is 0 Å². The van der Waals surface area contributed by atoms with E-state index in [0.717, 1.165) is 0 Å². The van der Waals surface area contributed by atoms with E-state index in [0.29, 0.717) is 23.9 Å². The third-order valence-electron chi connectivity index (χ3n) is 2.08. The van der Waals surface area contributed by atoms with Gasteiger partial charge in [-0.3, -0.25) is 4.79 Å². The molecule has 1 N–H and O–H groups in total. The van der Waals surface area contributed by atoms with Crippen LogP contribution in [0, 0.1) is 0 Å². The van der Waals surface area contributed by atoms with Crippen molar-refractivity contribution in [2.24, 2.45) is 0 Å². The van der Waals surface area contributed by atoms with Gasteiger partial charge in [0.05, 0.1) is 6.61 Å². The summed E-state index contributed by atoms with van der Waals surface area (Å²) in [6.45, 7) is 2.64. The summed E-state index contributed by atoms with van der Waals surface area (Å²) in [7, 11) is 1.58. The highest BCUT2D eigenvalue weighted by atomic mass is 35.5. The SMILES string of the molecule is COCCNC(=O)[C@@H](C)Oc1cccc(Cl)c1. The number of rotatable bonds is 6. The van der Waals surface area contributed by atoms with Crippen LogP contribution in [-0.4, -0.2) is 32.3 Å². The number of halogens is 1. The van der Waals surface area contributed by atoms with Gasteiger partial charge in [0.25, 0.3) is 5.91 Å². The highest BCUT2D eigenvalue weighted by Gasteiger charge is 2.13. The van der Waals surface area contributed by atoms with Crippen molar-refractivity contribution in [1.29, 1.82) is 0 Å². The van der Waals surface area contributed by atoms with E-state index in [2.05, 4.69) is 5.32 Å². The lowest BCUT2D eigenvalue weighted by Crippen LogP contribution is -2.37. The fourth-order valence-corrected chi connectivity index (χ4v) is 1.40. The minimum atomic E-state index is -0.565. The van der Waals surface area contributed by atoms with Crippen molar-refractivity contribution in [3.05, 3.63) is 29.3 Å². The van der Waals surface area contributed by atoms with Crippen molar-refractivity contribution in [3.63, 3.8) is 0 Å². The number of carbonyl (C=O) groups excluding carboxylic acids is 1. The lowest BCUT2D eigenvalue weighted by Gasteiger charge is -2.14. The average Bonchev–Trinajstić information content (AvgIpc) is 2.29. The number of hydrogen-bond acceptors (Lipinski definition) is 3. The summed E-state index contributed by atoms with van der Waals surface area (Å²) < 4.78 is 10.3. The van der Waals surface area contributed by atoms with Crippen LogP contribution < -0.4 is 10.1 Å². The predicted molar refractivity (Wildman–Crippen MR) is 66.4 cm³/mol. The van der Waals surface area contributed by atoms with Crippen molar-refractivity contribution in [1.82, 2.24) is 5.32 Å². The Bertz CT molecular complexity index is 371. The number of carbonyl (C=O) groups is 1. The molecule has 1 atom stereocenters. The molecule has 1 rings (SSSR count). The molecule has 17 heavy (non-hydrogen) atoms. The highest BCUT2D eigenvalue weighted by Crippen LogP contribution is 2.18. The summed E-state index contributed by atoms with van der Waals surface area (Å²) >= 11 is 5.81. The average molecular weight is 258 g/mol. The Hall–Kier alpha value is -1.26. The second-order valence-corrected chi connectivity index (χ2v) is 3.94. The molecule has 1 aromatic rings. The quantitative estimate of drug-likeness (QED) is 0.792. The minimum absolute atomic E-state index is 0.179. The Morgan fingerprint density at radius 3 is 2.94 bits per heavy atom. The van der Waals surface area contributed by atoms with Gasteiger partial charge in [0, 0.05) is 18.7 Å². The molecule has 0 bridgehead atoms. The summed E-state index contributed by atoms with van der Waals surface area (Å²) in [6.07, 6.45) is -0.565. The van der Waals surface area contributed by atoms with Crippen molar-refractivity contribution in [3.8, 4) is 5.75 Å². The molecule has 0 saturated carbocycles. The second-order valence-electron chi connectivity index (χ2n) is 3.50. The summed E-state index contributed by atoms with van der Waals surface area (Å²) in [5, 5.41) is 3.27. The first-order valence-electron chi connectivity index (χ1n) is 5.32. The van der Waals surface area contributed by atoms with E-state index in [1.54, 1.807) is 38.3 Å². The standard InChI is InChI=1S/C12H16ClNO3/c1-9(12(15)14-6-7-16-2)17-11-5-3-4-10(13)8-11/h3-5,8-9H,6-7H2,1-2H3,(H,14,15)/t9-/m1/s1. The molecule has 94 valence electrons. The molecule has 0 aromatic heterocycles. The highest BCUT2D eigenvalue weighted by molar-refractivity contribution is 6.30. The number of methoxy groups -OCH3 is 1. The first-order valence-corrected chi connectivity index (χ1v) is 5.70. The van der Waals surface area contributed by atoms with Gasteiger partial charge in [-0.25, -0.2) is 0 Å². The Balaban J connectivity index is 2.43. The van der Waals surface area contributed by atoms with Crippen molar-refractivity contribution >= 4 is 17.5 Å². The zero-order chi connectivity index (χ0) is 12.7. The van der Waals surface area contributed by atoms with Crippen LogP contribution in [0.4, 0.5) is 0 Å². The largest absolute Gasteiger partial charge is 0.481 e. The van der Waals surface area contributed by atoms with Crippen LogP contribution >= 0.6 is 11.6 Å². The number of hydrogen-bond donors (Lipinski definition) is 1. The Morgan fingerprint density at radius 2 is 2.29 bits per heavy atom. The normalized spacial score (nSPS) is 11.9. The van der Waals surface area contributed by atoms with Gasteiger partial charge >= 0.3 is 0 Å². The van der Waals surface area contributed by atoms with Crippen LogP contribution in [0.1, 0.15) is 6.92 Å². The van der Waals surface area contributed by atoms with Crippen LogP contribution in [0.3, 0.4) is 0 Å². The van der Waals surface area contributed by atoms with Gasteiger partial charge < -0.3 is 14.8 Å². The minimum Gasteiger partial charge on any atom is -0.481 e. The van der Waals surface area contributed by atoms with Gasteiger partial charge in [-0.1, -0.05) is 17.7 Å². The molecular formula is C12H16ClNO3. The van der Waals surface area contributed by atoms with E-state index in [4.69, 9.17) is 21.1 Å². The number of amides is 1. The zero-order valence-corrected chi connectivity index (χ0v) is 10.7. The maximum atomic E-state index is 11.6. The van der Waals surface area contributed by atoms with Crippen molar-refractivity contribution < 1.29 is 14.3 Å². The van der Waals surface area contributed by atoms with Gasteiger partial charge in [-0.2, -0.15) is 0 Å². The Morgan fingerprint density at radius 1 is 1.53 bits per heavy atom. The second kappa shape index (κ2) is 7.14. The van der Waals surface area contributed by atoms with Gasteiger partial charge in [-0.15, -0.1) is 0 Å². The molecule has 0 spiro atoms. The fraction of sp³-hybridized carbons (Fsp3) is 0.417. The molecule has 0 aliphatic heterocycles. The van der Waals surface area contributed by atoms with Crippen LogP contribution in [0.2, 0.25) is 5.02 Å². The van der Waals surface area contributed by atoms with E-state index in [1.807, 2.05) is 0 Å². The van der Waals surface area contributed by atoms with E-state index in [-0.39, 0.29) is 5.91 Å². The maximum absolute atomic E-state index is 11.6. The third-order valence-corrected chi connectivity index (χ3v) is 2.32. The molecule has 0 heterocycles. The summed E-state index contributed by atoms with van der Waals surface area (Å²) in [6, 6.07) is 6.94. The summed E-state index contributed by atoms with van der Waals surface area (Å²) in [5.41, 5.74) is 0. The summed E-state index contributed by atoms with van der Waals surface area (Å²) in [4.78, 5) is 11.6. The molecule has 4 nitrogen and oxygen atoms in total. The van der Waals surface area contributed by atoms with Crippen LogP contribution in [-0.2, 0) is 9.53 Å². The number of nitrogens with one attached hydrogen (secondary N) is 1. The maximum Gasteiger partial charge on any atom is 0.260 e. The molecule has 1 aromatic carbocycles. The predicted octanol–water partition coefficient (Wildman–Crippen LogP) is 1.87. The number of benzene rings is 1. The van der Waals surface area contributed by atoms with Crippen LogP contribution in [0.5, 0.6) is 5.75 Å². The van der Waals surface area contributed by atoms with Gasteiger partial charge in [-0.05, 0) is 25.1 Å². The smallest absolute Gasteiger partial charge is 0.260 e. The van der Waals surface area contributed by atoms with Crippen LogP contribution in [0.15, 0.2) is 24.3 Å².